The Bertz CT molecular complexity index is 73.7. The van der Waals surface area contributed by atoms with E-state index in [1.54, 1.807) is 0 Å². The predicted octanol–water partition coefficient (Wildman–Crippen LogP) is 2.45. The van der Waals surface area contributed by atoms with Crippen LogP contribution in [0.1, 0.15) is 27.2 Å². The molecule has 62 valence electrons. The first-order chi connectivity index (χ1) is 4.72. The van der Waals surface area contributed by atoms with Crippen LogP contribution in [0.5, 0.6) is 0 Å². The van der Waals surface area contributed by atoms with E-state index in [9.17, 15) is 0 Å². The molecule has 0 aromatic rings. The van der Waals surface area contributed by atoms with Gasteiger partial charge in [0.2, 0.25) is 0 Å². The summed E-state index contributed by atoms with van der Waals surface area (Å²) in [5.74, 6) is 0.767. The van der Waals surface area contributed by atoms with E-state index in [0.717, 1.165) is 12.5 Å². The summed E-state index contributed by atoms with van der Waals surface area (Å²) < 4.78 is 1.22. The summed E-state index contributed by atoms with van der Waals surface area (Å²) in [5, 5.41) is 3.51. The first-order valence-corrected chi connectivity index (χ1v) is 5.54. The molecular weight excluding hydrogens is 237 g/mol. The van der Waals surface area contributed by atoms with Gasteiger partial charge in [0.15, 0.2) is 0 Å². The highest BCUT2D eigenvalue weighted by Gasteiger charge is 2.08. The molecule has 0 fully saturated rings. The molecule has 0 aliphatic carbocycles. The quantitative estimate of drug-likeness (QED) is 0.587. The highest BCUT2D eigenvalue weighted by atomic mass is 127. The lowest BCUT2D eigenvalue weighted by Crippen LogP contribution is -2.35. The Balaban J connectivity index is 3.40. The minimum absolute atomic E-state index is 0.709. The number of rotatable bonds is 5. The lowest BCUT2D eigenvalue weighted by molar-refractivity contribution is 0.438. The second-order valence-electron chi connectivity index (χ2n) is 2.96. The van der Waals surface area contributed by atoms with Crippen molar-refractivity contribution in [3.8, 4) is 0 Å². The Kier molecular flexibility index (Phi) is 6.85. The third kappa shape index (κ3) is 4.50. The summed E-state index contributed by atoms with van der Waals surface area (Å²) in [6.45, 7) is 7.90. The summed E-state index contributed by atoms with van der Waals surface area (Å²) in [6, 6.07) is 0.709. The minimum Gasteiger partial charge on any atom is -0.313 e. The number of hydrogen-bond acceptors (Lipinski definition) is 1. The number of nitrogens with one attached hydrogen (secondary N) is 1. The Morgan fingerprint density at radius 3 is 2.30 bits per heavy atom. The Labute approximate surface area is 78.1 Å². The van der Waals surface area contributed by atoms with Crippen molar-refractivity contribution in [2.45, 2.75) is 33.2 Å². The molecule has 0 amide bonds. The number of halogens is 1. The van der Waals surface area contributed by atoms with Crippen molar-refractivity contribution in [1.82, 2.24) is 5.32 Å². The van der Waals surface area contributed by atoms with Crippen LogP contribution in [-0.2, 0) is 0 Å². The van der Waals surface area contributed by atoms with E-state index in [0.29, 0.717) is 6.04 Å². The lowest BCUT2D eigenvalue weighted by Gasteiger charge is -2.19. The average molecular weight is 255 g/mol. The summed E-state index contributed by atoms with van der Waals surface area (Å²) in [5.41, 5.74) is 0. The smallest absolute Gasteiger partial charge is 0.0180 e. The van der Waals surface area contributed by atoms with E-state index in [1.807, 2.05) is 0 Å². The standard InChI is InChI=1S/C8H18IN/c1-4-5-10-8(6-9)7(2)3/h7-8,10H,4-6H2,1-3H3. The molecule has 0 bridgehead atoms. The third-order valence-electron chi connectivity index (χ3n) is 1.63. The fourth-order valence-electron chi connectivity index (χ4n) is 0.798. The van der Waals surface area contributed by atoms with Crippen molar-refractivity contribution in [2.24, 2.45) is 5.92 Å². The van der Waals surface area contributed by atoms with Crippen molar-refractivity contribution in [3.63, 3.8) is 0 Å². The van der Waals surface area contributed by atoms with E-state index >= 15 is 0 Å². The largest absolute Gasteiger partial charge is 0.313 e. The van der Waals surface area contributed by atoms with Gasteiger partial charge in [0.25, 0.3) is 0 Å². The molecule has 1 atom stereocenters. The molecule has 0 aromatic heterocycles. The van der Waals surface area contributed by atoms with Gasteiger partial charge in [-0.3, -0.25) is 0 Å². The van der Waals surface area contributed by atoms with Gasteiger partial charge in [-0.1, -0.05) is 43.4 Å². The van der Waals surface area contributed by atoms with Crippen LogP contribution in [0.3, 0.4) is 0 Å². The van der Waals surface area contributed by atoms with E-state index in [1.165, 1.54) is 10.8 Å². The normalized spacial score (nSPS) is 14.1. The number of alkyl halides is 1. The highest BCUT2D eigenvalue weighted by Crippen LogP contribution is 2.04. The molecule has 0 aromatic carbocycles. The van der Waals surface area contributed by atoms with Gasteiger partial charge in [0.1, 0.15) is 0 Å². The Morgan fingerprint density at radius 1 is 1.40 bits per heavy atom. The first kappa shape index (κ1) is 10.7. The average Bonchev–Trinajstić information content (AvgIpc) is 1.89. The van der Waals surface area contributed by atoms with Gasteiger partial charge in [-0.15, -0.1) is 0 Å². The zero-order valence-corrected chi connectivity index (χ0v) is 9.31. The van der Waals surface area contributed by atoms with E-state index in [4.69, 9.17) is 0 Å². The van der Waals surface area contributed by atoms with Gasteiger partial charge in [0.05, 0.1) is 0 Å². The van der Waals surface area contributed by atoms with Gasteiger partial charge in [-0.05, 0) is 18.9 Å². The lowest BCUT2D eigenvalue weighted by atomic mass is 10.1. The molecule has 0 saturated heterocycles. The maximum atomic E-state index is 3.51. The highest BCUT2D eigenvalue weighted by molar-refractivity contribution is 14.1. The van der Waals surface area contributed by atoms with Crippen LogP contribution >= 0.6 is 22.6 Å². The van der Waals surface area contributed by atoms with Gasteiger partial charge in [-0.2, -0.15) is 0 Å². The minimum atomic E-state index is 0.709. The molecule has 0 rings (SSSR count). The monoisotopic (exact) mass is 255 g/mol. The third-order valence-corrected chi connectivity index (χ3v) is 2.58. The fourth-order valence-corrected chi connectivity index (χ4v) is 2.13. The zero-order valence-electron chi connectivity index (χ0n) is 7.15. The van der Waals surface area contributed by atoms with Crippen LogP contribution in [0.4, 0.5) is 0 Å². The maximum Gasteiger partial charge on any atom is 0.0180 e. The molecule has 2 heteroatoms. The van der Waals surface area contributed by atoms with Crippen molar-refractivity contribution < 1.29 is 0 Å². The van der Waals surface area contributed by atoms with E-state index in [-0.39, 0.29) is 0 Å². The molecule has 1 N–H and O–H groups in total. The molecular formula is C8H18IN. The topological polar surface area (TPSA) is 12.0 Å². The Hall–Kier alpha value is 0.690. The van der Waals surface area contributed by atoms with Gasteiger partial charge >= 0.3 is 0 Å². The van der Waals surface area contributed by atoms with Crippen LogP contribution in [0, 0.1) is 5.92 Å². The molecule has 0 aliphatic rings. The molecule has 0 radical (unpaired) electrons. The van der Waals surface area contributed by atoms with Gasteiger partial charge < -0.3 is 5.32 Å². The summed E-state index contributed by atoms with van der Waals surface area (Å²) in [6.07, 6.45) is 1.24. The van der Waals surface area contributed by atoms with Gasteiger partial charge in [-0.25, -0.2) is 0 Å². The van der Waals surface area contributed by atoms with E-state index in [2.05, 4.69) is 48.7 Å². The molecule has 0 heterocycles. The molecule has 0 saturated carbocycles. The van der Waals surface area contributed by atoms with Crippen LogP contribution in [0.25, 0.3) is 0 Å². The summed E-state index contributed by atoms with van der Waals surface area (Å²) in [7, 11) is 0. The van der Waals surface area contributed by atoms with Crippen molar-refractivity contribution >= 4 is 22.6 Å². The van der Waals surface area contributed by atoms with Crippen molar-refractivity contribution in [1.29, 1.82) is 0 Å². The summed E-state index contributed by atoms with van der Waals surface area (Å²) in [4.78, 5) is 0. The molecule has 0 spiro atoms. The zero-order chi connectivity index (χ0) is 7.98. The van der Waals surface area contributed by atoms with Crippen LogP contribution in [-0.4, -0.2) is 17.0 Å². The Morgan fingerprint density at radius 2 is 2.00 bits per heavy atom. The molecule has 0 aliphatic heterocycles. The van der Waals surface area contributed by atoms with Crippen molar-refractivity contribution in [2.75, 3.05) is 11.0 Å². The second kappa shape index (κ2) is 6.40. The summed E-state index contributed by atoms with van der Waals surface area (Å²) >= 11 is 2.44. The molecule has 1 nitrogen and oxygen atoms in total. The molecule has 10 heavy (non-hydrogen) atoms. The molecule has 1 unspecified atom stereocenters. The van der Waals surface area contributed by atoms with Crippen molar-refractivity contribution in [3.05, 3.63) is 0 Å². The maximum absolute atomic E-state index is 3.51. The second-order valence-corrected chi connectivity index (χ2v) is 3.84. The van der Waals surface area contributed by atoms with Crippen LogP contribution < -0.4 is 5.32 Å². The number of hydrogen-bond donors (Lipinski definition) is 1. The predicted molar refractivity (Wildman–Crippen MR) is 55.8 cm³/mol. The van der Waals surface area contributed by atoms with Crippen LogP contribution in [0.15, 0.2) is 0 Å². The van der Waals surface area contributed by atoms with E-state index < -0.39 is 0 Å². The van der Waals surface area contributed by atoms with Gasteiger partial charge in [0, 0.05) is 10.5 Å². The van der Waals surface area contributed by atoms with Crippen LogP contribution in [0.2, 0.25) is 0 Å². The fraction of sp³-hybridized carbons (Fsp3) is 1.00. The first-order valence-electron chi connectivity index (χ1n) is 4.01. The SMILES string of the molecule is CCCNC(CI)C(C)C.